The second-order valence-corrected chi connectivity index (χ2v) is 3.27. The smallest absolute Gasteiger partial charge is 0.261 e. The molecule has 0 spiro atoms. The van der Waals surface area contributed by atoms with Gasteiger partial charge in [-0.05, 0) is 30.5 Å². The molecule has 1 aliphatic carbocycles. The molecule has 70 valence electrons. The number of fused-ring (bicyclic) bond motifs is 1. The quantitative estimate of drug-likeness (QED) is 0.664. The molecule has 0 aliphatic heterocycles. The van der Waals surface area contributed by atoms with Crippen molar-refractivity contribution < 1.29 is 9.26 Å². The standard InChI is InChI=1S/C10H13NO2/c1-7-5-3-4-6-8-9(7)10(12-2)11-13-8/h5H,3-4,6H2,1-2H3. The summed E-state index contributed by atoms with van der Waals surface area (Å²) in [6.45, 7) is 2.07. The van der Waals surface area contributed by atoms with Crippen LogP contribution in [0.4, 0.5) is 0 Å². The van der Waals surface area contributed by atoms with Crippen LogP contribution in [0.5, 0.6) is 5.88 Å². The lowest BCUT2D eigenvalue weighted by atomic mass is 10.1. The molecule has 0 unspecified atom stereocenters. The van der Waals surface area contributed by atoms with Crippen molar-refractivity contribution in [2.75, 3.05) is 7.11 Å². The van der Waals surface area contributed by atoms with Crippen LogP contribution in [0.1, 0.15) is 31.1 Å². The molecule has 1 aromatic heterocycles. The lowest BCUT2D eigenvalue weighted by Gasteiger charge is -1.99. The average molecular weight is 179 g/mol. The third-order valence-corrected chi connectivity index (χ3v) is 2.38. The zero-order chi connectivity index (χ0) is 9.26. The highest BCUT2D eigenvalue weighted by Gasteiger charge is 2.19. The van der Waals surface area contributed by atoms with Gasteiger partial charge in [0.2, 0.25) is 0 Å². The Hall–Kier alpha value is -1.25. The van der Waals surface area contributed by atoms with Gasteiger partial charge in [0, 0.05) is 6.42 Å². The molecule has 1 aliphatic rings. The van der Waals surface area contributed by atoms with E-state index in [2.05, 4.69) is 18.2 Å². The van der Waals surface area contributed by atoms with Crippen molar-refractivity contribution in [3.05, 3.63) is 17.4 Å². The molecular weight excluding hydrogens is 166 g/mol. The Balaban J connectivity index is 2.51. The highest BCUT2D eigenvalue weighted by molar-refractivity contribution is 5.69. The third-order valence-electron chi connectivity index (χ3n) is 2.38. The molecule has 1 heterocycles. The Morgan fingerprint density at radius 2 is 2.38 bits per heavy atom. The average Bonchev–Trinajstić information content (AvgIpc) is 2.47. The van der Waals surface area contributed by atoms with Crippen LogP contribution in [0.2, 0.25) is 0 Å². The van der Waals surface area contributed by atoms with Crippen LogP contribution in [0.25, 0.3) is 5.57 Å². The molecular formula is C10H13NO2. The molecule has 0 radical (unpaired) electrons. The van der Waals surface area contributed by atoms with Crippen molar-refractivity contribution in [1.82, 2.24) is 5.16 Å². The molecule has 3 nitrogen and oxygen atoms in total. The van der Waals surface area contributed by atoms with E-state index < -0.39 is 0 Å². The van der Waals surface area contributed by atoms with Crippen molar-refractivity contribution in [3.63, 3.8) is 0 Å². The first-order chi connectivity index (χ1) is 6.33. The highest BCUT2D eigenvalue weighted by Crippen LogP contribution is 2.32. The summed E-state index contributed by atoms with van der Waals surface area (Å²) in [5, 5.41) is 3.87. The second kappa shape index (κ2) is 3.24. The van der Waals surface area contributed by atoms with Gasteiger partial charge in [-0.15, -0.1) is 0 Å². The first-order valence-corrected chi connectivity index (χ1v) is 4.52. The predicted molar refractivity (Wildman–Crippen MR) is 49.6 cm³/mol. The van der Waals surface area contributed by atoms with Crippen LogP contribution >= 0.6 is 0 Å². The van der Waals surface area contributed by atoms with E-state index in [0.29, 0.717) is 5.88 Å². The topological polar surface area (TPSA) is 35.3 Å². The monoisotopic (exact) mass is 179 g/mol. The number of hydrogen-bond acceptors (Lipinski definition) is 3. The molecule has 0 aromatic carbocycles. The van der Waals surface area contributed by atoms with E-state index in [4.69, 9.17) is 9.26 Å². The van der Waals surface area contributed by atoms with Gasteiger partial charge in [0.15, 0.2) is 0 Å². The molecule has 1 aromatic rings. The number of hydrogen-bond donors (Lipinski definition) is 0. The van der Waals surface area contributed by atoms with E-state index in [1.807, 2.05) is 0 Å². The number of rotatable bonds is 1. The fraction of sp³-hybridized carbons (Fsp3) is 0.500. The molecule has 0 atom stereocenters. The molecule has 2 rings (SSSR count). The Kier molecular flexibility index (Phi) is 2.08. The molecule has 13 heavy (non-hydrogen) atoms. The molecule has 0 saturated carbocycles. The zero-order valence-electron chi connectivity index (χ0n) is 7.96. The Labute approximate surface area is 77.4 Å². The van der Waals surface area contributed by atoms with Crippen molar-refractivity contribution in [2.45, 2.75) is 26.2 Å². The van der Waals surface area contributed by atoms with Gasteiger partial charge in [-0.1, -0.05) is 6.08 Å². The van der Waals surface area contributed by atoms with Gasteiger partial charge in [0.1, 0.15) is 5.76 Å². The third kappa shape index (κ3) is 1.34. The molecule has 0 amide bonds. The van der Waals surface area contributed by atoms with Crippen molar-refractivity contribution in [2.24, 2.45) is 0 Å². The summed E-state index contributed by atoms with van der Waals surface area (Å²) in [7, 11) is 1.62. The van der Waals surface area contributed by atoms with Crippen LogP contribution < -0.4 is 4.74 Å². The number of nitrogens with zero attached hydrogens (tertiary/aromatic N) is 1. The van der Waals surface area contributed by atoms with Gasteiger partial charge in [-0.25, -0.2) is 0 Å². The van der Waals surface area contributed by atoms with E-state index in [1.54, 1.807) is 7.11 Å². The number of ether oxygens (including phenoxy) is 1. The van der Waals surface area contributed by atoms with Crippen molar-refractivity contribution in [3.8, 4) is 5.88 Å². The van der Waals surface area contributed by atoms with E-state index in [0.717, 1.165) is 30.6 Å². The van der Waals surface area contributed by atoms with Crippen LogP contribution in [0.3, 0.4) is 0 Å². The minimum absolute atomic E-state index is 0.616. The maximum absolute atomic E-state index is 5.21. The summed E-state index contributed by atoms with van der Waals surface area (Å²) < 4.78 is 10.3. The number of aryl methyl sites for hydroxylation is 1. The Bertz CT molecular complexity index is 339. The molecule has 0 saturated heterocycles. The lowest BCUT2D eigenvalue weighted by molar-refractivity contribution is 0.325. The van der Waals surface area contributed by atoms with Gasteiger partial charge < -0.3 is 9.26 Å². The Morgan fingerprint density at radius 3 is 3.15 bits per heavy atom. The van der Waals surface area contributed by atoms with E-state index >= 15 is 0 Å². The largest absolute Gasteiger partial charge is 0.478 e. The fourth-order valence-corrected chi connectivity index (χ4v) is 1.69. The minimum atomic E-state index is 0.616. The number of methoxy groups -OCH3 is 1. The molecule has 0 bridgehead atoms. The first kappa shape index (κ1) is 8.35. The van der Waals surface area contributed by atoms with Crippen LogP contribution in [0.15, 0.2) is 10.6 Å². The van der Waals surface area contributed by atoms with Gasteiger partial charge >= 0.3 is 0 Å². The van der Waals surface area contributed by atoms with Crippen molar-refractivity contribution in [1.29, 1.82) is 0 Å². The van der Waals surface area contributed by atoms with E-state index in [-0.39, 0.29) is 0 Å². The fourth-order valence-electron chi connectivity index (χ4n) is 1.69. The van der Waals surface area contributed by atoms with Gasteiger partial charge in [0.25, 0.3) is 5.88 Å². The Morgan fingerprint density at radius 1 is 1.54 bits per heavy atom. The normalized spacial score (nSPS) is 16.0. The number of allylic oxidation sites excluding steroid dienone is 2. The summed E-state index contributed by atoms with van der Waals surface area (Å²) in [5.41, 5.74) is 2.27. The maximum atomic E-state index is 5.21. The van der Waals surface area contributed by atoms with Crippen LogP contribution in [-0.4, -0.2) is 12.3 Å². The highest BCUT2D eigenvalue weighted by atomic mass is 16.5. The van der Waals surface area contributed by atoms with Gasteiger partial charge in [-0.3, -0.25) is 0 Å². The summed E-state index contributed by atoms with van der Waals surface area (Å²) in [6.07, 6.45) is 5.41. The molecule has 0 N–H and O–H groups in total. The van der Waals surface area contributed by atoms with Gasteiger partial charge in [0.05, 0.1) is 12.7 Å². The predicted octanol–water partition coefficient (Wildman–Crippen LogP) is 2.42. The van der Waals surface area contributed by atoms with Crippen molar-refractivity contribution >= 4 is 5.57 Å². The van der Waals surface area contributed by atoms with Crippen LogP contribution in [0, 0.1) is 0 Å². The van der Waals surface area contributed by atoms with E-state index in [9.17, 15) is 0 Å². The second-order valence-electron chi connectivity index (χ2n) is 3.27. The molecule has 3 heteroatoms. The first-order valence-electron chi connectivity index (χ1n) is 4.52. The zero-order valence-corrected chi connectivity index (χ0v) is 7.96. The summed E-state index contributed by atoms with van der Waals surface area (Å²) in [5.74, 6) is 1.58. The minimum Gasteiger partial charge on any atom is -0.478 e. The van der Waals surface area contributed by atoms with Gasteiger partial charge in [-0.2, -0.15) is 0 Å². The van der Waals surface area contributed by atoms with E-state index in [1.165, 1.54) is 5.57 Å². The summed E-state index contributed by atoms with van der Waals surface area (Å²) in [6, 6.07) is 0. The SMILES string of the molecule is COc1noc2c1C(C)=CCCC2. The maximum Gasteiger partial charge on any atom is 0.261 e. The van der Waals surface area contributed by atoms with Crippen LogP contribution in [-0.2, 0) is 6.42 Å². The summed E-state index contributed by atoms with van der Waals surface area (Å²) >= 11 is 0. The number of aromatic nitrogens is 1. The summed E-state index contributed by atoms with van der Waals surface area (Å²) in [4.78, 5) is 0. The molecule has 0 fully saturated rings. The lowest BCUT2D eigenvalue weighted by Crippen LogP contribution is -1.89.